The zero-order valence-corrected chi connectivity index (χ0v) is 15.2. The molecular weight excluding hydrogens is 334 g/mol. The molecule has 1 heterocycles. The summed E-state index contributed by atoms with van der Waals surface area (Å²) in [4.78, 5) is 19.4. The molecule has 3 aromatic carbocycles. The number of hydrogen-bond acceptors (Lipinski definition) is 3. The first-order valence-corrected chi connectivity index (χ1v) is 9.08. The molecule has 0 saturated heterocycles. The molecule has 1 unspecified atom stereocenters. The molecule has 0 fully saturated rings. The van der Waals surface area contributed by atoms with Crippen LogP contribution in [0.25, 0.3) is 0 Å². The molecule has 0 aliphatic carbocycles. The van der Waals surface area contributed by atoms with Crippen molar-refractivity contribution in [2.24, 2.45) is 0 Å². The summed E-state index contributed by atoms with van der Waals surface area (Å²) in [5.74, 6) is 0.672. The van der Waals surface area contributed by atoms with E-state index in [1.807, 2.05) is 90.8 Å². The van der Waals surface area contributed by atoms with Gasteiger partial charge in [-0.3, -0.25) is 4.79 Å². The Morgan fingerprint density at radius 3 is 2.04 bits per heavy atom. The van der Waals surface area contributed by atoms with Crippen LogP contribution >= 0.6 is 0 Å². The number of benzene rings is 3. The van der Waals surface area contributed by atoms with Gasteiger partial charge < -0.3 is 4.84 Å². The molecule has 0 aromatic heterocycles. The predicted octanol–water partition coefficient (Wildman–Crippen LogP) is 5.33. The Balaban J connectivity index is 1.72. The minimum Gasteiger partial charge on any atom is -0.409 e. The molecule has 1 aliphatic rings. The summed E-state index contributed by atoms with van der Waals surface area (Å²) in [6.07, 6.45) is 0. The third-order valence-electron chi connectivity index (χ3n) is 4.77. The van der Waals surface area contributed by atoms with Gasteiger partial charge in [-0.05, 0) is 18.1 Å². The maximum atomic E-state index is 13.3. The number of carbonyl (C=O) groups excluding carboxylic acids is 1. The van der Waals surface area contributed by atoms with Crippen molar-refractivity contribution in [2.75, 3.05) is 0 Å². The van der Waals surface area contributed by atoms with E-state index in [-0.39, 0.29) is 11.8 Å². The second-order valence-corrected chi connectivity index (χ2v) is 6.63. The van der Waals surface area contributed by atoms with Crippen LogP contribution < -0.4 is 0 Å². The van der Waals surface area contributed by atoms with Crippen LogP contribution in [-0.4, -0.2) is 10.8 Å². The second-order valence-electron chi connectivity index (χ2n) is 6.63. The van der Waals surface area contributed by atoms with Gasteiger partial charge in [0.1, 0.15) is 11.8 Å². The van der Waals surface area contributed by atoms with E-state index in [4.69, 9.17) is 4.84 Å². The van der Waals surface area contributed by atoms with Crippen LogP contribution in [0.2, 0.25) is 0 Å². The van der Waals surface area contributed by atoms with E-state index in [1.54, 1.807) is 0 Å². The van der Waals surface area contributed by atoms with Gasteiger partial charge in [0.05, 0.1) is 12.1 Å². The largest absolute Gasteiger partial charge is 0.409 e. The lowest BCUT2D eigenvalue weighted by atomic mass is 9.91. The fraction of sp³-hybridized carbons (Fsp3) is 0.125. The van der Waals surface area contributed by atoms with Crippen molar-refractivity contribution in [2.45, 2.75) is 19.5 Å². The van der Waals surface area contributed by atoms with Gasteiger partial charge in [0, 0.05) is 5.56 Å². The normalized spacial score (nSPS) is 17.0. The molecule has 4 rings (SSSR count). The second kappa shape index (κ2) is 7.60. The van der Waals surface area contributed by atoms with Crippen LogP contribution in [0.4, 0.5) is 0 Å². The molecule has 3 nitrogen and oxygen atoms in total. The van der Waals surface area contributed by atoms with Crippen molar-refractivity contribution < 1.29 is 9.63 Å². The molecule has 0 spiro atoms. The zero-order valence-electron chi connectivity index (χ0n) is 15.2. The average Bonchev–Trinajstić information content (AvgIpc) is 3.05. The third-order valence-corrected chi connectivity index (χ3v) is 4.77. The number of ketones is 1. The molecule has 0 N–H and O–H groups in total. The van der Waals surface area contributed by atoms with Crippen LogP contribution in [0.1, 0.15) is 34.5 Å². The number of Topliss-reactive ketones (excluding diaryl/α,β-unsaturated/α-hetero) is 1. The van der Waals surface area contributed by atoms with E-state index in [0.29, 0.717) is 23.4 Å². The van der Waals surface area contributed by atoms with E-state index in [9.17, 15) is 4.79 Å². The lowest BCUT2D eigenvalue weighted by molar-refractivity contribution is -0.126. The van der Waals surface area contributed by atoms with E-state index in [2.05, 4.69) is 12.1 Å². The summed E-state index contributed by atoms with van der Waals surface area (Å²) < 4.78 is 0. The quantitative estimate of drug-likeness (QED) is 0.579. The average molecular weight is 355 g/mol. The van der Waals surface area contributed by atoms with Gasteiger partial charge in [0.25, 0.3) is 0 Å². The van der Waals surface area contributed by atoms with Crippen molar-refractivity contribution in [3.05, 3.63) is 119 Å². The molecule has 1 aliphatic heterocycles. The monoisotopic (exact) mass is 355 g/mol. The van der Waals surface area contributed by atoms with Gasteiger partial charge in [-0.1, -0.05) is 91.0 Å². The van der Waals surface area contributed by atoms with E-state index in [0.717, 1.165) is 11.1 Å². The first kappa shape index (κ1) is 17.3. The van der Waals surface area contributed by atoms with Gasteiger partial charge in [-0.25, -0.2) is 0 Å². The zero-order chi connectivity index (χ0) is 18.6. The molecule has 0 saturated carbocycles. The Kier molecular flexibility index (Phi) is 4.86. The SMILES string of the molecule is CC1=C(C(=O)c2ccccc2)C(c2ccccc2)N(Cc2ccccc2)O1. The van der Waals surface area contributed by atoms with Crippen molar-refractivity contribution in [1.82, 2.24) is 5.06 Å². The number of allylic oxidation sites excluding steroid dienone is 1. The maximum absolute atomic E-state index is 13.3. The first-order chi connectivity index (χ1) is 13.2. The number of hydrogen-bond donors (Lipinski definition) is 0. The first-order valence-electron chi connectivity index (χ1n) is 9.08. The van der Waals surface area contributed by atoms with Crippen molar-refractivity contribution in [1.29, 1.82) is 0 Å². The Morgan fingerprint density at radius 1 is 0.852 bits per heavy atom. The summed E-state index contributed by atoms with van der Waals surface area (Å²) in [6, 6.07) is 29.4. The molecule has 3 heteroatoms. The molecule has 1 atom stereocenters. The van der Waals surface area contributed by atoms with Crippen LogP contribution in [-0.2, 0) is 11.4 Å². The Bertz CT molecular complexity index is 949. The molecule has 3 aromatic rings. The van der Waals surface area contributed by atoms with Crippen LogP contribution in [0.5, 0.6) is 0 Å². The fourth-order valence-corrected chi connectivity index (χ4v) is 3.50. The minimum absolute atomic E-state index is 0.0116. The number of rotatable bonds is 5. The van der Waals surface area contributed by atoms with Crippen molar-refractivity contribution in [3.8, 4) is 0 Å². The van der Waals surface area contributed by atoms with E-state index >= 15 is 0 Å². The highest BCUT2D eigenvalue weighted by Gasteiger charge is 2.38. The molecule has 27 heavy (non-hydrogen) atoms. The molecule has 134 valence electrons. The Morgan fingerprint density at radius 2 is 1.41 bits per heavy atom. The summed E-state index contributed by atoms with van der Waals surface area (Å²) in [5.41, 5.74) is 3.56. The smallest absolute Gasteiger partial charge is 0.194 e. The van der Waals surface area contributed by atoms with Gasteiger partial charge in [-0.2, -0.15) is 0 Å². The van der Waals surface area contributed by atoms with Gasteiger partial charge in [0.2, 0.25) is 0 Å². The highest BCUT2D eigenvalue weighted by Crippen LogP contribution is 2.40. The van der Waals surface area contributed by atoms with Gasteiger partial charge in [-0.15, -0.1) is 5.06 Å². The molecular formula is C24H21NO2. The molecule has 0 amide bonds. The van der Waals surface area contributed by atoms with E-state index < -0.39 is 0 Å². The predicted molar refractivity (Wildman–Crippen MR) is 106 cm³/mol. The lowest BCUT2D eigenvalue weighted by Gasteiger charge is -2.25. The maximum Gasteiger partial charge on any atom is 0.194 e. The third kappa shape index (κ3) is 3.55. The lowest BCUT2D eigenvalue weighted by Crippen LogP contribution is -2.25. The van der Waals surface area contributed by atoms with Gasteiger partial charge >= 0.3 is 0 Å². The summed E-state index contributed by atoms with van der Waals surface area (Å²) >= 11 is 0. The van der Waals surface area contributed by atoms with Crippen molar-refractivity contribution >= 4 is 5.78 Å². The van der Waals surface area contributed by atoms with E-state index in [1.165, 1.54) is 0 Å². The highest BCUT2D eigenvalue weighted by atomic mass is 16.7. The standard InChI is InChI=1S/C24H21NO2/c1-18-22(24(26)21-15-9-4-10-16-21)23(20-13-7-3-8-14-20)25(27-18)17-19-11-5-2-6-12-19/h2-16,23H,17H2,1H3. The number of nitrogens with zero attached hydrogens (tertiary/aromatic N) is 1. The Labute approximate surface area is 159 Å². The van der Waals surface area contributed by atoms with Crippen molar-refractivity contribution in [3.63, 3.8) is 0 Å². The van der Waals surface area contributed by atoms with Crippen LogP contribution in [0.15, 0.2) is 102 Å². The fourth-order valence-electron chi connectivity index (χ4n) is 3.50. The molecule has 0 radical (unpaired) electrons. The minimum atomic E-state index is -0.237. The summed E-state index contributed by atoms with van der Waals surface area (Å²) in [7, 11) is 0. The highest BCUT2D eigenvalue weighted by molar-refractivity contribution is 6.10. The number of carbonyl (C=O) groups is 1. The number of hydroxylamine groups is 2. The topological polar surface area (TPSA) is 29.5 Å². The van der Waals surface area contributed by atoms with Gasteiger partial charge in [0.15, 0.2) is 5.78 Å². The Hall–Kier alpha value is -3.17. The van der Waals surface area contributed by atoms with Crippen LogP contribution in [0.3, 0.4) is 0 Å². The van der Waals surface area contributed by atoms with Crippen LogP contribution in [0, 0.1) is 0 Å². The summed E-state index contributed by atoms with van der Waals surface area (Å²) in [6.45, 7) is 2.47. The molecule has 0 bridgehead atoms. The summed E-state index contributed by atoms with van der Waals surface area (Å²) in [5, 5.41) is 1.90.